The van der Waals surface area contributed by atoms with Gasteiger partial charge in [-0.15, -0.1) is 0 Å². The average Bonchev–Trinajstić information content (AvgIpc) is 2.23. The van der Waals surface area contributed by atoms with Crippen LogP contribution in [0.1, 0.15) is 62.9 Å². The lowest BCUT2D eigenvalue weighted by atomic mass is 9.63. The molecule has 0 spiro atoms. The summed E-state index contributed by atoms with van der Waals surface area (Å²) in [5, 5.41) is 3.15. The lowest BCUT2D eigenvalue weighted by Crippen LogP contribution is -2.46. The quantitative estimate of drug-likeness (QED) is 0.856. The van der Waals surface area contributed by atoms with E-state index in [0.29, 0.717) is 11.1 Å². The van der Waals surface area contributed by atoms with Crippen LogP contribution in [0.25, 0.3) is 0 Å². The summed E-state index contributed by atoms with van der Waals surface area (Å²) in [5.41, 5.74) is 1.72. The van der Waals surface area contributed by atoms with E-state index in [2.05, 4.69) is 33.0 Å². The molecule has 21 heavy (non-hydrogen) atoms. The summed E-state index contributed by atoms with van der Waals surface area (Å²) < 4.78 is 13.1. The van der Waals surface area contributed by atoms with Crippen molar-refractivity contribution in [3.8, 4) is 0 Å². The predicted molar refractivity (Wildman–Crippen MR) is 83.8 cm³/mol. The number of carbonyl (C=O) groups excluding carboxylic acids is 1. The van der Waals surface area contributed by atoms with Crippen LogP contribution in [0.15, 0.2) is 18.2 Å². The van der Waals surface area contributed by atoms with E-state index in [-0.39, 0.29) is 28.6 Å². The minimum absolute atomic E-state index is 0.0917. The second-order valence-corrected chi connectivity index (χ2v) is 8.04. The molecule has 2 nitrogen and oxygen atoms in total. The van der Waals surface area contributed by atoms with E-state index in [1.807, 2.05) is 0 Å². The minimum Gasteiger partial charge on any atom is -0.349 e. The molecule has 1 fully saturated rings. The summed E-state index contributed by atoms with van der Waals surface area (Å²) in [6.45, 7) is 10.8. The number of rotatable bonds is 2. The summed E-state index contributed by atoms with van der Waals surface area (Å²) in [6, 6.07) is 4.50. The molecule has 1 saturated carbocycles. The van der Waals surface area contributed by atoms with Crippen molar-refractivity contribution in [2.75, 3.05) is 0 Å². The molecule has 1 aromatic carbocycles. The van der Waals surface area contributed by atoms with Crippen molar-refractivity contribution < 1.29 is 9.18 Å². The Morgan fingerprint density at radius 2 is 1.76 bits per heavy atom. The van der Waals surface area contributed by atoms with Gasteiger partial charge in [-0.25, -0.2) is 4.39 Å². The largest absolute Gasteiger partial charge is 0.349 e. The maximum atomic E-state index is 13.1. The smallest absolute Gasteiger partial charge is 0.251 e. The SMILES string of the molecule is Cc1cc(F)ccc1C(=O)NC1CC(C)(C)CC(C)(C)C1. The molecule has 1 aliphatic carbocycles. The zero-order valence-corrected chi connectivity index (χ0v) is 13.7. The van der Waals surface area contributed by atoms with E-state index in [1.54, 1.807) is 13.0 Å². The van der Waals surface area contributed by atoms with Gasteiger partial charge >= 0.3 is 0 Å². The van der Waals surface area contributed by atoms with Gasteiger partial charge in [0.15, 0.2) is 0 Å². The van der Waals surface area contributed by atoms with Crippen LogP contribution in [0.4, 0.5) is 4.39 Å². The van der Waals surface area contributed by atoms with E-state index >= 15 is 0 Å². The average molecular weight is 291 g/mol. The highest BCUT2D eigenvalue weighted by Gasteiger charge is 2.38. The predicted octanol–water partition coefficient (Wildman–Crippen LogP) is 4.47. The van der Waals surface area contributed by atoms with E-state index in [1.165, 1.54) is 18.6 Å². The van der Waals surface area contributed by atoms with Crippen molar-refractivity contribution in [3.63, 3.8) is 0 Å². The molecule has 3 heteroatoms. The Labute approximate surface area is 127 Å². The fraction of sp³-hybridized carbons (Fsp3) is 0.611. The second kappa shape index (κ2) is 5.43. The second-order valence-electron chi connectivity index (χ2n) is 8.04. The highest BCUT2D eigenvalue weighted by molar-refractivity contribution is 5.95. The molecule has 116 valence electrons. The number of amides is 1. The summed E-state index contributed by atoms with van der Waals surface area (Å²) in [7, 11) is 0. The van der Waals surface area contributed by atoms with Crippen LogP contribution in [0.5, 0.6) is 0 Å². The third-order valence-electron chi connectivity index (χ3n) is 4.32. The van der Waals surface area contributed by atoms with Crippen LogP contribution in [0, 0.1) is 23.6 Å². The first-order chi connectivity index (χ1) is 9.58. The van der Waals surface area contributed by atoms with Gasteiger partial charge in [0.25, 0.3) is 5.91 Å². The standard InChI is InChI=1S/C18H26FNO/c1-12-8-13(19)6-7-15(12)16(21)20-14-9-17(2,3)11-18(4,5)10-14/h6-8,14H,9-11H2,1-5H3,(H,20,21). The fourth-order valence-electron chi connectivity index (χ4n) is 4.09. The number of nitrogens with one attached hydrogen (secondary N) is 1. The van der Waals surface area contributed by atoms with Crippen molar-refractivity contribution in [2.24, 2.45) is 10.8 Å². The Morgan fingerprint density at radius 1 is 1.19 bits per heavy atom. The Kier molecular flexibility index (Phi) is 4.14. The molecule has 0 radical (unpaired) electrons. The molecular weight excluding hydrogens is 265 g/mol. The van der Waals surface area contributed by atoms with Crippen molar-refractivity contribution in [3.05, 3.63) is 35.1 Å². The van der Waals surface area contributed by atoms with Gasteiger partial charge in [-0.1, -0.05) is 27.7 Å². The monoisotopic (exact) mass is 291 g/mol. The van der Waals surface area contributed by atoms with Crippen LogP contribution in [0.3, 0.4) is 0 Å². The molecule has 1 aliphatic rings. The van der Waals surface area contributed by atoms with Crippen molar-refractivity contribution in [1.29, 1.82) is 0 Å². The Bertz CT molecular complexity index is 532. The van der Waals surface area contributed by atoms with E-state index in [0.717, 1.165) is 12.8 Å². The molecular formula is C18H26FNO. The third-order valence-corrected chi connectivity index (χ3v) is 4.32. The van der Waals surface area contributed by atoms with Gasteiger partial charge in [-0.2, -0.15) is 0 Å². The van der Waals surface area contributed by atoms with E-state index in [9.17, 15) is 9.18 Å². The molecule has 1 aromatic rings. The van der Waals surface area contributed by atoms with Crippen LogP contribution in [0.2, 0.25) is 0 Å². The molecule has 1 N–H and O–H groups in total. The van der Waals surface area contributed by atoms with E-state index < -0.39 is 0 Å². The summed E-state index contributed by atoms with van der Waals surface area (Å²) in [4.78, 5) is 12.4. The molecule has 0 heterocycles. The molecule has 0 bridgehead atoms. The van der Waals surface area contributed by atoms with Gasteiger partial charge in [-0.05, 0) is 60.8 Å². The van der Waals surface area contributed by atoms with Crippen LogP contribution < -0.4 is 5.32 Å². The third kappa shape index (κ3) is 4.05. The zero-order chi connectivity index (χ0) is 15.8. The van der Waals surface area contributed by atoms with Crippen molar-refractivity contribution in [1.82, 2.24) is 5.32 Å². The van der Waals surface area contributed by atoms with Gasteiger partial charge in [0.1, 0.15) is 5.82 Å². The Morgan fingerprint density at radius 3 is 2.29 bits per heavy atom. The molecule has 0 saturated heterocycles. The number of hydrogen-bond donors (Lipinski definition) is 1. The fourth-order valence-corrected chi connectivity index (χ4v) is 4.09. The maximum Gasteiger partial charge on any atom is 0.251 e. The number of hydrogen-bond acceptors (Lipinski definition) is 1. The van der Waals surface area contributed by atoms with Crippen LogP contribution in [-0.4, -0.2) is 11.9 Å². The number of carbonyl (C=O) groups is 1. The lowest BCUT2D eigenvalue weighted by molar-refractivity contribution is 0.0713. The number of aryl methyl sites for hydroxylation is 1. The Hall–Kier alpha value is -1.38. The topological polar surface area (TPSA) is 29.1 Å². The minimum atomic E-state index is -0.302. The van der Waals surface area contributed by atoms with Gasteiger partial charge in [0.2, 0.25) is 0 Å². The summed E-state index contributed by atoms with van der Waals surface area (Å²) in [6.07, 6.45) is 3.15. The zero-order valence-electron chi connectivity index (χ0n) is 13.7. The summed E-state index contributed by atoms with van der Waals surface area (Å²) in [5.74, 6) is -0.394. The van der Waals surface area contributed by atoms with Gasteiger partial charge in [0, 0.05) is 11.6 Å². The van der Waals surface area contributed by atoms with Crippen LogP contribution >= 0.6 is 0 Å². The molecule has 2 rings (SSSR count). The van der Waals surface area contributed by atoms with Gasteiger partial charge in [-0.3, -0.25) is 4.79 Å². The Balaban J connectivity index is 2.12. The van der Waals surface area contributed by atoms with Gasteiger partial charge < -0.3 is 5.32 Å². The maximum absolute atomic E-state index is 13.1. The van der Waals surface area contributed by atoms with Crippen molar-refractivity contribution >= 4 is 5.91 Å². The first kappa shape index (κ1) is 16.0. The normalized spacial score (nSPS) is 21.0. The molecule has 0 atom stereocenters. The van der Waals surface area contributed by atoms with Crippen LogP contribution in [-0.2, 0) is 0 Å². The number of halogens is 1. The van der Waals surface area contributed by atoms with Crippen molar-refractivity contribution in [2.45, 2.75) is 59.9 Å². The first-order valence-electron chi connectivity index (χ1n) is 7.65. The molecule has 1 amide bonds. The molecule has 0 aromatic heterocycles. The lowest BCUT2D eigenvalue weighted by Gasteiger charge is -2.45. The first-order valence-corrected chi connectivity index (χ1v) is 7.65. The summed E-state index contributed by atoms with van der Waals surface area (Å²) >= 11 is 0. The molecule has 0 unspecified atom stereocenters. The van der Waals surface area contributed by atoms with Gasteiger partial charge in [0.05, 0.1) is 0 Å². The number of benzene rings is 1. The molecule has 0 aliphatic heterocycles. The highest BCUT2D eigenvalue weighted by atomic mass is 19.1. The van der Waals surface area contributed by atoms with E-state index in [4.69, 9.17) is 0 Å². The highest BCUT2D eigenvalue weighted by Crippen LogP contribution is 2.45.